The fourth-order valence-electron chi connectivity index (χ4n) is 3.98. The Morgan fingerprint density at radius 3 is 1.70 bits per heavy atom. The Hall–Kier alpha value is -4.45. The molecule has 2 aromatic carbocycles. The number of benzene rings is 2. The van der Waals surface area contributed by atoms with Crippen LogP contribution in [0.25, 0.3) is 0 Å². The second kappa shape index (κ2) is 15.2. The molecule has 0 aliphatic heterocycles. The maximum Gasteiger partial charge on any atom is 0.326 e. The van der Waals surface area contributed by atoms with Crippen LogP contribution in [0.4, 0.5) is 0 Å². The summed E-state index contributed by atoms with van der Waals surface area (Å²) in [5.74, 6) is -4.35. The summed E-state index contributed by atoms with van der Waals surface area (Å²) in [4.78, 5) is 62.4. The number of carbonyl (C=O) groups is 5. The van der Waals surface area contributed by atoms with E-state index in [1.54, 1.807) is 42.5 Å². The molecule has 0 aliphatic carbocycles. The summed E-state index contributed by atoms with van der Waals surface area (Å²) < 4.78 is 0. The van der Waals surface area contributed by atoms with Crippen LogP contribution in [0.2, 0.25) is 0 Å². The van der Waals surface area contributed by atoms with E-state index < -0.39 is 60.2 Å². The van der Waals surface area contributed by atoms with Crippen molar-refractivity contribution in [2.24, 2.45) is 17.4 Å². The lowest BCUT2D eigenvalue weighted by Crippen LogP contribution is -2.58. The quantitative estimate of drug-likeness (QED) is 0.158. The highest BCUT2D eigenvalue weighted by molar-refractivity contribution is 5.95. The van der Waals surface area contributed by atoms with Crippen molar-refractivity contribution in [3.05, 3.63) is 65.7 Å². The molecule has 0 fully saturated rings. The summed E-state index contributed by atoms with van der Waals surface area (Å²) in [5, 5.41) is 26.6. The number of rotatable bonds is 15. The molecule has 0 aromatic heterocycles. The van der Waals surface area contributed by atoms with E-state index in [-0.39, 0.29) is 24.5 Å². The van der Waals surface area contributed by atoms with Gasteiger partial charge in [-0.15, -0.1) is 0 Å². The predicted octanol–water partition coefficient (Wildman–Crippen LogP) is -0.0348. The van der Waals surface area contributed by atoms with Gasteiger partial charge in [-0.25, -0.2) is 4.79 Å². The number of carboxylic acids is 1. The van der Waals surface area contributed by atoms with Crippen LogP contribution in [0.15, 0.2) is 54.6 Å². The van der Waals surface area contributed by atoms with Gasteiger partial charge < -0.3 is 37.6 Å². The normalized spacial score (nSPS) is 13.9. The van der Waals surface area contributed by atoms with E-state index in [0.29, 0.717) is 17.5 Å². The Balaban J connectivity index is 2.32. The minimum absolute atomic E-state index is 0.00589. The molecule has 2 rings (SSSR count). The molecule has 4 amide bonds. The molecule has 4 atom stereocenters. The number of aromatic hydroxyl groups is 1. The third-order valence-corrected chi connectivity index (χ3v) is 6.01. The molecule has 2 aromatic rings. The van der Waals surface area contributed by atoms with Gasteiger partial charge in [0.25, 0.3) is 0 Å². The van der Waals surface area contributed by atoms with E-state index >= 15 is 0 Å². The van der Waals surface area contributed by atoms with E-state index in [1.165, 1.54) is 12.1 Å². The summed E-state index contributed by atoms with van der Waals surface area (Å²) in [6.45, 7) is 3.81. The van der Waals surface area contributed by atoms with Crippen LogP contribution >= 0.6 is 0 Å². The van der Waals surface area contributed by atoms with Crippen LogP contribution in [-0.2, 0) is 36.8 Å². The highest BCUT2D eigenvalue weighted by Gasteiger charge is 2.31. The minimum atomic E-state index is -1.60. The maximum absolute atomic E-state index is 13.5. The molecule has 0 saturated carbocycles. The Kier molecular flexibility index (Phi) is 12.1. The first-order valence-electron chi connectivity index (χ1n) is 12.8. The number of hydrogen-bond acceptors (Lipinski definition) is 7. The highest BCUT2D eigenvalue weighted by Crippen LogP contribution is 2.13. The van der Waals surface area contributed by atoms with Crippen molar-refractivity contribution in [3.63, 3.8) is 0 Å². The number of amides is 4. The fraction of sp³-hybridized carbons (Fsp3) is 0.393. The van der Waals surface area contributed by atoms with Gasteiger partial charge >= 0.3 is 5.97 Å². The molecule has 0 spiro atoms. The third-order valence-electron chi connectivity index (χ3n) is 6.01. The Labute approximate surface area is 232 Å². The SMILES string of the molecule is CC(C)CC(N)C(=O)NC(Cc1ccc(O)cc1)C(=O)NC(Cc1ccccc1)C(=O)NC(CC(N)=O)C(=O)O. The van der Waals surface area contributed by atoms with Crippen molar-refractivity contribution in [2.45, 2.75) is 63.7 Å². The first-order valence-corrected chi connectivity index (χ1v) is 12.8. The average molecular weight is 556 g/mol. The van der Waals surface area contributed by atoms with Crippen LogP contribution in [0, 0.1) is 5.92 Å². The molecule has 9 N–H and O–H groups in total. The van der Waals surface area contributed by atoms with Gasteiger partial charge in [-0.1, -0.05) is 56.3 Å². The zero-order valence-corrected chi connectivity index (χ0v) is 22.5. The van der Waals surface area contributed by atoms with Crippen molar-refractivity contribution in [1.82, 2.24) is 16.0 Å². The fourth-order valence-corrected chi connectivity index (χ4v) is 3.98. The summed E-state index contributed by atoms with van der Waals surface area (Å²) in [6, 6.07) is 9.88. The highest BCUT2D eigenvalue weighted by atomic mass is 16.4. The van der Waals surface area contributed by atoms with Gasteiger partial charge in [-0.05, 0) is 35.6 Å². The van der Waals surface area contributed by atoms with Gasteiger partial charge in [0.15, 0.2) is 0 Å². The van der Waals surface area contributed by atoms with Crippen molar-refractivity contribution in [1.29, 1.82) is 0 Å². The molecule has 4 unspecified atom stereocenters. The number of primary amides is 1. The number of phenolic OH excluding ortho intramolecular Hbond substituents is 1. The molecule has 0 heterocycles. The molecule has 12 nitrogen and oxygen atoms in total. The maximum atomic E-state index is 13.5. The van der Waals surface area contributed by atoms with Crippen LogP contribution in [0.3, 0.4) is 0 Å². The third kappa shape index (κ3) is 10.7. The first-order chi connectivity index (χ1) is 18.8. The van der Waals surface area contributed by atoms with Crippen LogP contribution in [-0.4, -0.2) is 64.0 Å². The number of aliphatic carboxylic acids is 1. The minimum Gasteiger partial charge on any atom is -0.508 e. The van der Waals surface area contributed by atoms with Gasteiger partial charge in [0.1, 0.15) is 23.9 Å². The molecular formula is C28H37N5O7. The van der Waals surface area contributed by atoms with E-state index in [0.717, 1.165) is 0 Å². The van der Waals surface area contributed by atoms with Gasteiger partial charge in [0.2, 0.25) is 23.6 Å². The molecule has 216 valence electrons. The number of phenols is 1. The second-order valence-corrected chi connectivity index (χ2v) is 9.99. The molecule has 0 bridgehead atoms. The summed E-state index contributed by atoms with van der Waals surface area (Å²) in [5.41, 5.74) is 12.4. The lowest BCUT2D eigenvalue weighted by molar-refractivity contribution is -0.143. The number of carboxylic acid groups (broad SMARTS) is 1. The van der Waals surface area contributed by atoms with Gasteiger partial charge in [0.05, 0.1) is 12.5 Å². The number of nitrogens with one attached hydrogen (secondary N) is 3. The van der Waals surface area contributed by atoms with Gasteiger partial charge in [-0.2, -0.15) is 0 Å². The largest absolute Gasteiger partial charge is 0.508 e. The predicted molar refractivity (Wildman–Crippen MR) is 147 cm³/mol. The molecule has 40 heavy (non-hydrogen) atoms. The molecular weight excluding hydrogens is 518 g/mol. The van der Waals surface area contributed by atoms with E-state index in [4.69, 9.17) is 11.5 Å². The van der Waals surface area contributed by atoms with Crippen LogP contribution in [0.1, 0.15) is 37.8 Å². The smallest absolute Gasteiger partial charge is 0.326 e. The summed E-state index contributed by atoms with van der Waals surface area (Å²) in [6.07, 6.45) is -0.241. The van der Waals surface area contributed by atoms with Gasteiger partial charge in [-0.3, -0.25) is 19.2 Å². The lowest BCUT2D eigenvalue weighted by atomic mass is 10.0. The summed E-state index contributed by atoms with van der Waals surface area (Å²) in [7, 11) is 0. The zero-order valence-electron chi connectivity index (χ0n) is 22.5. The lowest BCUT2D eigenvalue weighted by Gasteiger charge is -2.25. The van der Waals surface area contributed by atoms with Crippen molar-refractivity contribution in [2.75, 3.05) is 0 Å². The molecule has 12 heteroatoms. The Bertz CT molecular complexity index is 1170. The van der Waals surface area contributed by atoms with Crippen molar-refractivity contribution >= 4 is 29.6 Å². The second-order valence-electron chi connectivity index (χ2n) is 9.99. The topological polar surface area (TPSA) is 214 Å². The van der Waals surface area contributed by atoms with Crippen LogP contribution in [0.5, 0.6) is 5.75 Å². The zero-order chi connectivity index (χ0) is 29.8. The van der Waals surface area contributed by atoms with E-state index in [2.05, 4.69) is 16.0 Å². The summed E-state index contributed by atoms with van der Waals surface area (Å²) >= 11 is 0. The standard InChI is InChI=1S/C28H37N5O7/c1-16(2)12-20(29)25(36)31-21(14-18-8-10-19(34)11-9-18)26(37)32-22(13-17-6-4-3-5-7-17)27(38)33-23(28(39)40)15-24(30)35/h3-11,16,20-23,34H,12-15,29H2,1-2H3,(H2,30,35)(H,31,36)(H,32,37)(H,33,38)(H,39,40). The van der Waals surface area contributed by atoms with Crippen molar-refractivity contribution < 1.29 is 34.2 Å². The molecule has 0 radical (unpaired) electrons. The van der Waals surface area contributed by atoms with Crippen LogP contribution < -0.4 is 27.4 Å². The first kappa shape index (κ1) is 31.8. The van der Waals surface area contributed by atoms with E-state index in [9.17, 15) is 34.2 Å². The monoisotopic (exact) mass is 555 g/mol. The van der Waals surface area contributed by atoms with Gasteiger partial charge in [0, 0.05) is 12.8 Å². The van der Waals surface area contributed by atoms with E-state index in [1.807, 2.05) is 13.8 Å². The number of nitrogens with two attached hydrogens (primary N) is 2. The number of carbonyl (C=O) groups excluding carboxylic acids is 4. The Morgan fingerprint density at radius 1 is 0.750 bits per heavy atom. The number of hydrogen-bond donors (Lipinski definition) is 7. The average Bonchev–Trinajstić information content (AvgIpc) is 2.88. The van der Waals surface area contributed by atoms with Crippen molar-refractivity contribution in [3.8, 4) is 5.75 Å². The molecule has 0 aliphatic rings. The Morgan fingerprint density at radius 2 is 1.23 bits per heavy atom. The molecule has 0 saturated heterocycles.